The number of β-amino-alcohol motifs (C(OH)–C–C–N with tert-alkyl or cyclic N) is 1. The van der Waals surface area contributed by atoms with Gasteiger partial charge in [-0.2, -0.15) is 5.10 Å². The Balaban J connectivity index is 1.13. The number of amides is 1. The Morgan fingerprint density at radius 1 is 1.06 bits per heavy atom. The van der Waals surface area contributed by atoms with Gasteiger partial charge in [-0.1, -0.05) is 18.2 Å². The van der Waals surface area contributed by atoms with Crippen molar-refractivity contribution in [3.8, 4) is 5.69 Å². The van der Waals surface area contributed by atoms with Crippen LogP contribution in [0.2, 0.25) is 0 Å². The highest BCUT2D eigenvalue weighted by molar-refractivity contribution is 5.94. The van der Waals surface area contributed by atoms with E-state index in [0.29, 0.717) is 18.2 Å². The molecule has 1 atom stereocenters. The van der Waals surface area contributed by atoms with Crippen molar-refractivity contribution in [1.82, 2.24) is 19.6 Å². The van der Waals surface area contributed by atoms with E-state index in [1.807, 2.05) is 23.0 Å². The van der Waals surface area contributed by atoms with Crippen LogP contribution >= 0.6 is 0 Å². The first-order chi connectivity index (χ1) is 17.5. The highest BCUT2D eigenvalue weighted by Gasteiger charge is 2.25. The van der Waals surface area contributed by atoms with E-state index in [4.69, 9.17) is 0 Å². The molecule has 1 amide bonds. The third-order valence-electron chi connectivity index (χ3n) is 7.68. The molecule has 2 aliphatic heterocycles. The lowest BCUT2D eigenvalue weighted by molar-refractivity contribution is 0.0474. The molecule has 0 radical (unpaired) electrons. The summed E-state index contributed by atoms with van der Waals surface area (Å²) in [6.07, 6.45) is 7.58. The van der Waals surface area contributed by atoms with Crippen LogP contribution in [0.25, 0.3) is 5.69 Å². The molecule has 3 aromatic rings. The SMILES string of the molecule is Cc1ccccc1-n1cc(CN(C)C2CCN(c3ccc(C(=O)N4CCC[C@@H](O)C4)cc3)CC2)cn1. The van der Waals surface area contributed by atoms with Crippen molar-refractivity contribution < 1.29 is 9.90 Å². The van der Waals surface area contributed by atoms with Crippen LogP contribution in [0.3, 0.4) is 0 Å². The number of benzene rings is 2. The van der Waals surface area contributed by atoms with Crippen LogP contribution in [-0.4, -0.2) is 76.0 Å². The Morgan fingerprint density at radius 3 is 2.53 bits per heavy atom. The number of hydrogen-bond donors (Lipinski definition) is 1. The topological polar surface area (TPSA) is 64.8 Å². The molecular weight excluding hydrogens is 450 g/mol. The van der Waals surface area contributed by atoms with Crippen molar-refractivity contribution in [2.75, 3.05) is 38.1 Å². The molecule has 2 saturated heterocycles. The molecule has 36 heavy (non-hydrogen) atoms. The summed E-state index contributed by atoms with van der Waals surface area (Å²) in [4.78, 5) is 19.4. The lowest BCUT2D eigenvalue weighted by Gasteiger charge is -2.38. The normalized spacial score (nSPS) is 19.2. The zero-order valence-corrected chi connectivity index (χ0v) is 21.4. The van der Waals surface area contributed by atoms with Crippen molar-refractivity contribution in [3.05, 3.63) is 77.6 Å². The minimum atomic E-state index is -0.398. The first-order valence-corrected chi connectivity index (χ1v) is 13.1. The van der Waals surface area contributed by atoms with Crippen LogP contribution in [-0.2, 0) is 6.54 Å². The summed E-state index contributed by atoms with van der Waals surface area (Å²) in [5.41, 5.74) is 5.45. The maximum Gasteiger partial charge on any atom is 0.253 e. The summed E-state index contributed by atoms with van der Waals surface area (Å²) < 4.78 is 1.98. The predicted molar refractivity (Wildman–Crippen MR) is 143 cm³/mol. The molecule has 2 fully saturated rings. The van der Waals surface area contributed by atoms with Gasteiger partial charge in [-0.05, 0) is 75.5 Å². The largest absolute Gasteiger partial charge is 0.391 e. The molecule has 0 aliphatic carbocycles. The molecule has 7 heteroatoms. The number of aliphatic hydroxyl groups excluding tert-OH is 1. The number of carbonyl (C=O) groups excluding carboxylic acids is 1. The van der Waals surface area contributed by atoms with Crippen molar-refractivity contribution in [1.29, 1.82) is 0 Å². The van der Waals surface area contributed by atoms with Crippen molar-refractivity contribution in [2.24, 2.45) is 0 Å². The Labute approximate surface area is 213 Å². The molecule has 7 nitrogen and oxygen atoms in total. The van der Waals surface area contributed by atoms with Crippen LogP contribution in [0.1, 0.15) is 47.2 Å². The molecular formula is C29H37N5O2. The van der Waals surface area contributed by atoms with Gasteiger partial charge in [-0.15, -0.1) is 0 Å². The third kappa shape index (κ3) is 5.47. The predicted octanol–water partition coefficient (Wildman–Crippen LogP) is 3.88. The molecule has 5 rings (SSSR count). The molecule has 0 spiro atoms. The molecule has 2 aliphatic rings. The summed E-state index contributed by atoms with van der Waals surface area (Å²) in [7, 11) is 2.21. The molecule has 0 unspecified atom stereocenters. The maximum absolute atomic E-state index is 12.8. The zero-order valence-electron chi connectivity index (χ0n) is 21.4. The summed E-state index contributed by atoms with van der Waals surface area (Å²) in [5, 5.41) is 14.5. The molecule has 190 valence electrons. The number of carbonyl (C=O) groups is 1. The number of piperidine rings is 2. The number of rotatable bonds is 6. The highest BCUT2D eigenvalue weighted by atomic mass is 16.3. The van der Waals surface area contributed by atoms with Gasteiger partial charge < -0.3 is 14.9 Å². The molecule has 3 heterocycles. The van der Waals surface area contributed by atoms with Crippen LogP contribution in [0.4, 0.5) is 5.69 Å². The van der Waals surface area contributed by atoms with Crippen molar-refractivity contribution >= 4 is 11.6 Å². The second-order valence-electron chi connectivity index (χ2n) is 10.3. The van der Waals surface area contributed by atoms with Gasteiger partial charge in [0.05, 0.1) is 18.0 Å². The Morgan fingerprint density at radius 2 is 1.81 bits per heavy atom. The molecule has 1 N–H and O–H groups in total. The quantitative estimate of drug-likeness (QED) is 0.572. The average Bonchev–Trinajstić information content (AvgIpc) is 3.37. The van der Waals surface area contributed by atoms with Gasteiger partial charge in [0.2, 0.25) is 0 Å². The van der Waals surface area contributed by atoms with E-state index in [-0.39, 0.29) is 5.91 Å². The maximum atomic E-state index is 12.8. The Hall–Kier alpha value is -3.16. The summed E-state index contributed by atoms with van der Waals surface area (Å²) in [6, 6.07) is 16.9. The van der Waals surface area contributed by atoms with E-state index in [1.54, 1.807) is 4.90 Å². The summed E-state index contributed by atoms with van der Waals surface area (Å²) in [6.45, 7) is 6.17. The first-order valence-electron chi connectivity index (χ1n) is 13.1. The van der Waals surface area contributed by atoms with E-state index in [0.717, 1.165) is 57.5 Å². The van der Waals surface area contributed by atoms with Crippen LogP contribution in [0.15, 0.2) is 60.9 Å². The monoisotopic (exact) mass is 487 g/mol. The van der Waals surface area contributed by atoms with Gasteiger partial charge >= 0.3 is 0 Å². The lowest BCUT2D eigenvalue weighted by atomic mass is 10.0. The molecule has 0 saturated carbocycles. The second kappa shape index (κ2) is 10.8. The highest BCUT2D eigenvalue weighted by Crippen LogP contribution is 2.24. The molecule has 2 aromatic carbocycles. The number of aryl methyl sites for hydroxylation is 1. The summed E-state index contributed by atoms with van der Waals surface area (Å²) in [5.74, 6) is 0.0198. The Bertz CT molecular complexity index is 1170. The third-order valence-corrected chi connectivity index (χ3v) is 7.68. The smallest absolute Gasteiger partial charge is 0.253 e. The van der Waals surface area contributed by atoms with Gasteiger partial charge in [0.1, 0.15) is 0 Å². The molecule has 1 aromatic heterocycles. The number of anilines is 1. The van der Waals surface area contributed by atoms with E-state index in [1.165, 1.54) is 16.8 Å². The van der Waals surface area contributed by atoms with E-state index >= 15 is 0 Å². The second-order valence-corrected chi connectivity index (χ2v) is 10.3. The van der Waals surface area contributed by atoms with E-state index in [9.17, 15) is 9.90 Å². The molecule has 0 bridgehead atoms. The van der Waals surface area contributed by atoms with Crippen molar-refractivity contribution in [2.45, 2.75) is 51.3 Å². The number of nitrogens with zero attached hydrogens (tertiary/aromatic N) is 5. The standard InChI is InChI=1S/C29H37N5O2/c1-22-6-3-4-8-28(22)34-20-23(18-30-34)19-31(2)25-13-16-32(17-14-25)26-11-9-24(10-12-26)29(36)33-15-5-7-27(35)21-33/h3-4,6,8-12,18,20,25,27,35H,5,7,13-17,19,21H2,1-2H3/t27-/m1/s1. The fraction of sp³-hybridized carbons (Fsp3) is 0.448. The van der Waals surface area contributed by atoms with Gasteiger partial charge in [0, 0.05) is 61.8 Å². The van der Waals surface area contributed by atoms with Gasteiger partial charge in [0.15, 0.2) is 0 Å². The average molecular weight is 488 g/mol. The minimum absolute atomic E-state index is 0.0198. The number of likely N-dealkylation sites (tertiary alicyclic amines) is 1. The van der Waals surface area contributed by atoms with E-state index in [2.05, 4.69) is 71.5 Å². The van der Waals surface area contributed by atoms with Gasteiger partial charge in [-0.3, -0.25) is 9.69 Å². The van der Waals surface area contributed by atoms with E-state index < -0.39 is 6.10 Å². The van der Waals surface area contributed by atoms with Crippen LogP contribution in [0.5, 0.6) is 0 Å². The fourth-order valence-corrected chi connectivity index (χ4v) is 5.51. The first kappa shape index (κ1) is 24.5. The van der Waals surface area contributed by atoms with Crippen molar-refractivity contribution in [3.63, 3.8) is 0 Å². The van der Waals surface area contributed by atoms with Crippen LogP contribution < -0.4 is 4.90 Å². The van der Waals surface area contributed by atoms with Crippen LogP contribution in [0, 0.1) is 6.92 Å². The zero-order chi connectivity index (χ0) is 25.1. The lowest BCUT2D eigenvalue weighted by Crippen LogP contribution is -2.43. The summed E-state index contributed by atoms with van der Waals surface area (Å²) >= 11 is 0. The van der Waals surface area contributed by atoms with Gasteiger partial charge in [-0.25, -0.2) is 4.68 Å². The number of hydrogen-bond acceptors (Lipinski definition) is 5. The minimum Gasteiger partial charge on any atom is -0.391 e. The number of para-hydroxylation sites is 1. The Kier molecular flexibility index (Phi) is 7.39. The number of aromatic nitrogens is 2. The fourth-order valence-electron chi connectivity index (χ4n) is 5.51. The number of aliphatic hydroxyl groups is 1. The van der Waals surface area contributed by atoms with Gasteiger partial charge in [0.25, 0.3) is 5.91 Å².